The summed E-state index contributed by atoms with van der Waals surface area (Å²) in [6.45, 7) is 6.04. The highest BCUT2D eigenvalue weighted by atomic mass is 35.5. The maximum atomic E-state index is 14.0. The molecule has 5 N–H and O–H groups in total. The van der Waals surface area contributed by atoms with Crippen LogP contribution < -0.4 is 21.5 Å². The monoisotopic (exact) mass is 719 g/mol. The van der Waals surface area contributed by atoms with Crippen molar-refractivity contribution >= 4 is 41.1 Å². The summed E-state index contributed by atoms with van der Waals surface area (Å²) < 4.78 is 32.2. The van der Waals surface area contributed by atoms with Gasteiger partial charge in [0, 0.05) is 34.3 Å². The van der Waals surface area contributed by atoms with Crippen molar-refractivity contribution in [2.24, 2.45) is 5.73 Å². The smallest absolute Gasteiger partial charge is 0.430 e. The standard InChI is InChI=1S/C33H40ClN5O4.C2HF3O2/c1-22(2)36-32(42)25-11-13-27(14-12-25)37-33(43)38(30(31(35)41)19-23-9-15-29(40)16-10-23)28-8-5-17-39(3,21-28)20-24-6-4-7-26(34)18-24;3-2(4,5)1(6)7/h4,6-7,9-16,18,22,28,30H,5,8,17,19-21H2,1-3H3,(H4-,35,36,37,40,41,42,43);(H,6,7)/t28-,30+,39?;/m1./s1. The Hall–Kier alpha value is -4.82. The second-order valence-electron chi connectivity index (χ2n) is 12.7. The number of halogens is 4. The maximum Gasteiger partial charge on any atom is 0.430 e. The van der Waals surface area contributed by atoms with Gasteiger partial charge in [0.15, 0.2) is 0 Å². The molecule has 3 aromatic carbocycles. The Morgan fingerprint density at radius 1 is 1.04 bits per heavy atom. The highest BCUT2D eigenvalue weighted by Crippen LogP contribution is 2.28. The summed E-state index contributed by atoms with van der Waals surface area (Å²) in [7, 11) is 2.16. The predicted molar refractivity (Wildman–Crippen MR) is 180 cm³/mol. The number of hydrogen-bond donors (Lipinski definition) is 4. The number of carbonyl (C=O) groups is 4. The number of amides is 4. The third-order valence-corrected chi connectivity index (χ3v) is 8.28. The van der Waals surface area contributed by atoms with Gasteiger partial charge in [-0.15, -0.1) is 0 Å². The Balaban J connectivity index is 0.000000872. The van der Waals surface area contributed by atoms with Crippen LogP contribution in [0.3, 0.4) is 0 Å². The van der Waals surface area contributed by atoms with Crippen molar-refractivity contribution in [2.75, 3.05) is 25.5 Å². The van der Waals surface area contributed by atoms with Crippen LogP contribution in [0.2, 0.25) is 5.02 Å². The molecule has 3 atom stereocenters. The number of nitrogens with one attached hydrogen (secondary N) is 2. The molecule has 4 rings (SSSR count). The van der Waals surface area contributed by atoms with Crippen molar-refractivity contribution in [1.82, 2.24) is 10.2 Å². The number of piperidine rings is 1. The van der Waals surface area contributed by atoms with Gasteiger partial charge in [-0.1, -0.05) is 35.9 Å². The van der Waals surface area contributed by atoms with Crippen LogP contribution in [0.5, 0.6) is 5.75 Å². The Labute approximate surface area is 293 Å². The summed E-state index contributed by atoms with van der Waals surface area (Å²) in [6, 6.07) is 19.3. The fourth-order valence-corrected chi connectivity index (χ4v) is 6.05. The molecule has 1 aliphatic heterocycles. The minimum Gasteiger partial charge on any atom is -0.542 e. The quantitative estimate of drug-likeness (QED) is 0.229. The van der Waals surface area contributed by atoms with E-state index in [0.717, 1.165) is 30.6 Å². The van der Waals surface area contributed by atoms with Crippen LogP contribution in [0.4, 0.5) is 23.7 Å². The van der Waals surface area contributed by atoms with E-state index in [-0.39, 0.29) is 30.2 Å². The number of phenols is 1. The number of likely N-dealkylation sites (N-methyl/N-ethyl adjacent to an activating group) is 1. The molecule has 1 heterocycles. The molecule has 4 amide bonds. The molecule has 0 aromatic heterocycles. The number of aromatic hydroxyl groups is 1. The van der Waals surface area contributed by atoms with E-state index in [1.54, 1.807) is 53.4 Å². The third-order valence-electron chi connectivity index (χ3n) is 8.05. The number of carboxylic acids is 1. The van der Waals surface area contributed by atoms with Gasteiger partial charge in [0.1, 0.15) is 24.3 Å². The lowest BCUT2D eigenvalue weighted by Gasteiger charge is -2.46. The molecule has 3 aromatic rings. The molecule has 1 fully saturated rings. The fraction of sp³-hybridized carbons (Fsp3) is 0.371. The van der Waals surface area contributed by atoms with E-state index in [1.807, 2.05) is 38.1 Å². The second-order valence-corrected chi connectivity index (χ2v) is 13.2. The number of likely N-dealkylation sites (tertiary alicyclic amines) is 1. The molecule has 270 valence electrons. The zero-order valence-electron chi connectivity index (χ0n) is 27.9. The third kappa shape index (κ3) is 11.9. The van der Waals surface area contributed by atoms with Gasteiger partial charge in [0.25, 0.3) is 5.91 Å². The number of primary amides is 1. The minimum atomic E-state index is -5.19. The van der Waals surface area contributed by atoms with Gasteiger partial charge < -0.3 is 40.8 Å². The SMILES string of the molecule is CC(C)NC(=O)c1ccc(NC(=O)N([C@@H]2CCC[N+](C)(Cc3cccc(Cl)c3)C2)[C@@H](Cc2ccc(O)cc2)C(N)=O)cc1.O=C([O-])C(F)(F)F. The average molecular weight is 720 g/mol. The number of carboxylic acid groups (broad SMARTS) is 1. The van der Waals surface area contributed by atoms with Gasteiger partial charge in [0.05, 0.1) is 26.2 Å². The van der Waals surface area contributed by atoms with Crippen molar-refractivity contribution < 1.29 is 47.0 Å². The summed E-state index contributed by atoms with van der Waals surface area (Å²) in [4.78, 5) is 49.8. The van der Waals surface area contributed by atoms with Crippen molar-refractivity contribution in [1.29, 1.82) is 0 Å². The van der Waals surface area contributed by atoms with Gasteiger partial charge in [-0.25, -0.2) is 4.79 Å². The molecule has 0 aliphatic carbocycles. The Kier molecular flexibility index (Phi) is 13.6. The van der Waals surface area contributed by atoms with E-state index < -0.39 is 30.1 Å². The number of anilines is 1. The lowest BCUT2D eigenvalue weighted by atomic mass is 9.96. The van der Waals surface area contributed by atoms with Crippen LogP contribution in [-0.4, -0.2) is 82.7 Å². The first kappa shape index (κ1) is 39.6. The van der Waals surface area contributed by atoms with Gasteiger partial charge in [-0.2, -0.15) is 13.2 Å². The summed E-state index contributed by atoms with van der Waals surface area (Å²) in [5.74, 6) is -3.71. The van der Waals surface area contributed by atoms with Gasteiger partial charge in [-0.3, -0.25) is 9.59 Å². The fourth-order valence-electron chi connectivity index (χ4n) is 5.84. The Bertz CT molecular complexity index is 1640. The molecule has 1 aliphatic rings. The molecule has 0 bridgehead atoms. The number of aliphatic carboxylic acids is 1. The van der Waals surface area contributed by atoms with E-state index in [4.69, 9.17) is 27.2 Å². The lowest BCUT2D eigenvalue weighted by Crippen LogP contribution is -2.62. The van der Waals surface area contributed by atoms with Gasteiger partial charge in [-0.05, 0) is 80.8 Å². The number of carbonyl (C=O) groups excluding carboxylic acids is 4. The maximum absolute atomic E-state index is 14.0. The number of nitrogens with two attached hydrogens (primary N) is 1. The van der Waals surface area contributed by atoms with Crippen molar-refractivity contribution in [3.63, 3.8) is 0 Å². The number of rotatable bonds is 10. The van der Waals surface area contributed by atoms with E-state index in [1.165, 1.54) is 0 Å². The number of benzene rings is 3. The first-order chi connectivity index (χ1) is 23.4. The number of urea groups is 1. The molecular weight excluding hydrogens is 679 g/mol. The molecule has 50 heavy (non-hydrogen) atoms. The van der Waals surface area contributed by atoms with E-state index >= 15 is 0 Å². The second kappa shape index (κ2) is 17.2. The van der Waals surface area contributed by atoms with Gasteiger partial charge in [0.2, 0.25) is 5.91 Å². The Morgan fingerprint density at radius 3 is 2.20 bits per heavy atom. The van der Waals surface area contributed by atoms with Gasteiger partial charge >= 0.3 is 12.2 Å². The van der Waals surface area contributed by atoms with Crippen LogP contribution in [0.15, 0.2) is 72.8 Å². The first-order valence-corrected chi connectivity index (χ1v) is 16.2. The normalized spacial score (nSPS) is 17.9. The molecule has 1 saturated heterocycles. The van der Waals surface area contributed by atoms with E-state index in [2.05, 4.69) is 17.7 Å². The molecule has 1 unspecified atom stereocenters. The topological polar surface area (TPSA) is 165 Å². The highest BCUT2D eigenvalue weighted by molar-refractivity contribution is 6.30. The number of phenolic OH excluding ortho intramolecular Hbond substituents is 1. The highest BCUT2D eigenvalue weighted by Gasteiger charge is 2.41. The van der Waals surface area contributed by atoms with Crippen molar-refractivity contribution in [3.8, 4) is 5.75 Å². The lowest BCUT2D eigenvalue weighted by molar-refractivity contribution is -0.928. The number of quaternary nitrogens is 1. The van der Waals surface area contributed by atoms with Crippen molar-refractivity contribution in [2.45, 2.75) is 64.0 Å². The molecular formula is C35H41ClF3N5O6. The molecule has 15 heteroatoms. The number of nitrogens with zero attached hydrogens (tertiary/aromatic N) is 2. The molecule has 11 nitrogen and oxygen atoms in total. The van der Waals surface area contributed by atoms with E-state index in [9.17, 15) is 32.7 Å². The summed E-state index contributed by atoms with van der Waals surface area (Å²) in [5.41, 5.74) is 8.83. The minimum absolute atomic E-state index is 0.00166. The molecule has 0 spiro atoms. The summed E-state index contributed by atoms with van der Waals surface area (Å²) in [6.07, 6.45) is -3.42. The zero-order valence-corrected chi connectivity index (χ0v) is 28.6. The largest absolute Gasteiger partial charge is 0.542 e. The van der Waals surface area contributed by atoms with Crippen molar-refractivity contribution in [3.05, 3.63) is 94.5 Å². The first-order valence-electron chi connectivity index (χ1n) is 15.8. The van der Waals surface area contributed by atoms with Crippen LogP contribution in [0.25, 0.3) is 0 Å². The zero-order chi connectivity index (χ0) is 37.2. The van der Waals surface area contributed by atoms with Crippen LogP contribution in [0.1, 0.15) is 48.2 Å². The summed E-state index contributed by atoms with van der Waals surface area (Å²) in [5, 5.41) is 25.0. The van der Waals surface area contributed by atoms with Crippen LogP contribution in [-0.2, 0) is 22.6 Å². The predicted octanol–water partition coefficient (Wildman–Crippen LogP) is 4.22. The molecule has 0 radical (unpaired) electrons. The Morgan fingerprint density at radius 2 is 1.66 bits per heavy atom. The average Bonchev–Trinajstić information content (AvgIpc) is 3.01. The van der Waals surface area contributed by atoms with Crippen LogP contribution in [0, 0.1) is 0 Å². The van der Waals surface area contributed by atoms with E-state index in [0.29, 0.717) is 33.7 Å². The summed E-state index contributed by atoms with van der Waals surface area (Å²) >= 11 is 6.26. The van der Waals surface area contributed by atoms with Crippen LogP contribution >= 0.6 is 11.6 Å². The number of alkyl halides is 3. The molecule has 0 saturated carbocycles. The number of hydrogen-bond acceptors (Lipinski definition) is 6.